The van der Waals surface area contributed by atoms with Crippen LogP contribution in [0.4, 0.5) is 0 Å². The fourth-order valence-corrected chi connectivity index (χ4v) is 8.34. The number of ether oxygens (including phenoxy) is 3. The van der Waals surface area contributed by atoms with Gasteiger partial charge in [-0.2, -0.15) is 0 Å². The average Bonchev–Trinajstić information content (AvgIpc) is 3.24. The first-order valence-electron chi connectivity index (χ1n) is 18.4. The van der Waals surface area contributed by atoms with Gasteiger partial charge in [-0.05, 0) is 100 Å². The van der Waals surface area contributed by atoms with Crippen LogP contribution in [0.3, 0.4) is 0 Å². The Kier molecular flexibility index (Phi) is 9.47. The van der Waals surface area contributed by atoms with Gasteiger partial charge in [0.1, 0.15) is 23.9 Å². The van der Waals surface area contributed by atoms with Crippen molar-refractivity contribution in [1.29, 1.82) is 0 Å². The number of benzene rings is 7. The summed E-state index contributed by atoms with van der Waals surface area (Å²) in [6.45, 7) is 0.395. The Morgan fingerprint density at radius 1 is 0.528 bits per heavy atom. The molecule has 1 N–H and O–H groups in total. The van der Waals surface area contributed by atoms with Crippen LogP contribution in [0.25, 0.3) is 33.0 Å². The lowest BCUT2D eigenvalue weighted by atomic mass is 9.60. The van der Waals surface area contributed by atoms with Crippen molar-refractivity contribution in [1.82, 2.24) is 0 Å². The highest BCUT2D eigenvalue weighted by molar-refractivity contribution is 6.05. The first-order valence-corrected chi connectivity index (χ1v) is 18.4. The minimum Gasteiger partial charge on any atom is -0.497 e. The molecule has 0 aliphatic heterocycles. The largest absolute Gasteiger partial charge is 0.497 e. The van der Waals surface area contributed by atoms with Gasteiger partial charge in [0.05, 0.1) is 19.8 Å². The normalized spacial score (nSPS) is 14.8. The van der Waals surface area contributed by atoms with Crippen LogP contribution >= 0.6 is 0 Å². The molecule has 1 saturated carbocycles. The molecule has 0 atom stereocenters. The molecule has 0 spiro atoms. The molecule has 0 saturated heterocycles. The van der Waals surface area contributed by atoms with Gasteiger partial charge in [-0.15, -0.1) is 0 Å². The van der Waals surface area contributed by atoms with Crippen molar-refractivity contribution in [3.63, 3.8) is 0 Å². The van der Waals surface area contributed by atoms with Crippen molar-refractivity contribution in [2.75, 3.05) is 14.2 Å². The molecule has 1 fully saturated rings. The highest BCUT2D eigenvalue weighted by Crippen LogP contribution is 2.54. The van der Waals surface area contributed by atoms with Crippen LogP contribution in [0.15, 0.2) is 164 Å². The summed E-state index contributed by atoms with van der Waals surface area (Å²) in [5, 5.41) is 15.1. The van der Waals surface area contributed by atoms with Crippen molar-refractivity contribution in [3.05, 3.63) is 186 Å². The second-order valence-corrected chi connectivity index (χ2v) is 14.1. The Bertz CT molecular complexity index is 2250. The molecule has 1 aliphatic rings. The van der Waals surface area contributed by atoms with Crippen molar-refractivity contribution in [2.24, 2.45) is 0 Å². The van der Waals surface area contributed by atoms with Gasteiger partial charge in [0.2, 0.25) is 0 Å². The van der Waals surface area contributed by atoms with E-state index in [2.05, 4.69) is 127 Å². The summed E-state index contributed by atoms with van der Waals surface area (Å²) < 4.78 is 18.3. The van der Waals surface area contributed by atoms with E-state index in [1.807, 2.05) is 36.4 Å². The molecule has 0 bridgehead atoms. The lowest BCUT2D eigenvalue weighted by Gasteiger charge is -2.46. The highest BCUT2D eigenvalue weighted by Gasteiger charge is 2.46. The van der Waals surface area contributed by atoms with E-state index in [1.54, 1.807) is 14.2 Å². The van der Waals surface area contributed by atoms with Gasteiger partial charge in [-0.25, -0.2) is 0 Å². The molecule has 8 rings (SSSR count). The van der Waals surface area contributed by atoms with Gasteiger partial charge in [0, 0.05) is 16.4 Å². The van der Waals surface area contributed by atoms with E-state index in [1.165, 1.54) is 11.1 Å². The second kappa shape index (κ2) is 14.7. The van der Waals surface area contributed by atoms with E-state index in [9.17, 15) is 5.11 Å². The second-order valence-electron chi connectivity index (χ2n) is 14.1. The van der Waals surface area contributed by atoms with E-state index in [0.29, 0.717) is 19.4 Å². The Labute approximate surface area is 312 Å². The molecule has 0 unspecified atom stereocenters. The Balaban J connectivity index is 1.33. The Morgan fingerprint density at radius 3 is 1.66 bits per heavy atom. The summed E-state index contributed by atoms with van der Waals surface area (Å²) in [7, 11) is 3.39. The van der Waals surface area contributed by atoms with Crippen LogP contribution in [0, 0.1) is 0 Å². The number of hydrogen-bond donors (Lipinski definition) is 1. The molecule has 53 heavy (non-hydrogen) atoms. The van der Waals surface area contributed by atoms with Crippen LogP contribution < -0.4 is 14.2 Å². The molecule has 0 aromatic heterocycles. The first-order chi connectivity index (χ1) is 26.0. The minimum absolute atomic E-state index is 0.208. The molecule has 264 valence electrons. The minimum atomic E-state index is -1.11. The summed E-state index contributed by atoms with van der Waals surface area (Å²) in [6.07, 6.45) is 2.76. The van der Waals surface area contributed by atoms with E-state index >= 15 is 0 Å². The van der Waals surface area contributed by atoms with Gasteiger partial charge < -0.3 is 19.3 Å². The monoisotopic (exact) mass is 696 g/mol. The van der Waals surface area contributed by atoms with Gasteiger partial charge in [0.15, 0.2) is 0 Å². The summed E-state index contributed by atoms with van der Waals surface area (Å²) in [6, 6.07) is 56.8. The quantitative estimate of drug-likeness (QED) is 0.155. The summed E-state index contributed by atoms with van der Waals surface area (Å²) in [5.74, 6) is 2.25. The third-order valence-electron chi connectivity index (χ3n) is 11.2. The lowest BCUT2D eigenvalue weighted by Crippen LogP contribution is -2.40. The van der Waals surface area contributed by atoms with Crippen molar-refractivity contribution in [3.8, 4) is 39.5 Å². The van der Waals surface area contributed by atoms with Gasteiger partial charge in [0.25, 0.3) is 0 Å². The maximum Gasteiger partial charge on any atom is 0.128 e. The smallest absolute Gasteiger partial charge is 0.128 e. The standard InChI is InChI=1S/C49H44O4/c1-51-40-25-23-36(24-26-40)41-31-43-42(32-45(41)52-2)46(53-34-35-15-7-3-8-16-35)33-44(47(43)37-17-9-4-10-18-37)49(50)29-27-48(28-30-49,38-19-11-5-12-20-38)39-21-13-6-14-22-39/h3-26,31-33,50H,27-30,34H2,1-2H3. The number of fused-ring (bicyclic) bond motifs is 1. The van der Waals surface area contributed by atoms with Crippen LogP contribution in [0.2, 0.25) is 0 Å². The maximum absolute atomic E-state index is 13.1. The van der Waals surface area contributed by atoms with Crippen molar-refractivity contribution < 1.29 is 19.3 Å². The van der Waals surface area contributed by atoms with Crippen LogP contribution in [0.5, 0.6) is 17.2 Å². The number of rotatable bonds is 10. The predicted octanol–water partition coefficient (Wildman–Crippen LogP) is 11.5. The maximum atomic E-state index is 13.1. The molecule has 0 radical (unpaired) electrons. The van der Waals surface area contributed by atoms with Crippen LogP contribution in [-0.4, -0.2) is 19.3 Å². The predicted molar refractivity (Wildman–Crippen MR) is 215 cm³/mol. The molecule has 7 aromatic carbocycles. The Morgan fingerprint density at radius 2 is 1.09 bits per heavy atom. The van der Waals surface area contributed by atoms with Crippen LogP contribution in [-0.2, 0) is 17.6 Å². The molecular formula is C49H44O4. The third kappa shape index (κ3) is 6.56. The molecule has 4 heteroatoms. The molecular weight excluding hydrogens is 653 g/mol. The molecule has 0 amide bonds. The van der Waals surface area contributed by atoms with Crippen molar-refractivity contribution in [2.45, 2.75) is 43.3 Å². The zero-order valence-electron chi connectivity index (χ0n) is 30.3. The average molecular weight is 697 g/mol. The first kappa shape index (κ1) is 34.3. The van der Waals surface area contributed by atoms with Crippen molar-refractivity contribution >= 4 is 10.8 Å². The fourth-order valence-electron chi connectivity index (χ4n) is 8.34. The zero-order valence-corrected chi connectivity index (χ0v) is 30.3. The number of aliphatic hydroxyl groups is 1. The van der Waals surface area contributed by atoms with Gasteiger partial charge in [-0.1, -0.05) is 133 Å². The molecule has 0 heterocycles. The topological polar surface area (TPSA) is 47.9 Å². The van der Waals surface area contributed by atoms with E-state index in [4.69, 9.17) is 14.2 Å². The summed E-state index contributed by atoms with van der Waals surface area (Å²) in [4.78, 5) is 0. The highest BCUT2D eigenvalue weighted by atomic mass is 16.5. The summed E-state index contributed by atoms with van der Waals surface area (Å²) >= 11 is 0. The van der Waals surface area contributed by atoms with Gasteiger partial charge in [-0.3, -0.25) is 0 Å². The van der Waals surface area contributed by atoms with E-state index in [0.717, 1.165) is 74.2 Å². The molecule has 1 aliphatic carbocycles. The molecule has 7 aromatic rings. The van der Waals surface area contributed by atoms with Gasteiger partial charge >= 0.3 is 0 Å². The van der Waals surface area contributed by atoms with Crippen LogP contribution in [0.1, 0.15) is 47.9 Å². The van der Waals surface area contributed by atoms with E-state index < -0.39 is 5.60 Å². The molecule has 4 nitrogen and oxygen atoms in total. The fraction of sp³-hybridized carbons (Fsp3) is 0.184. The lowest BCUT2D eigenvalue weighted by molar-refractivity contribution is -0.0153. The number of methoxy groups -OCH3 is 2. The summed E-state index contributed by atoms with van der Waals surface area (Å²) in [5.41, 5.74) is 7.24. The van der Waals surface area contributed by atoms with E-state index in [-0.39, 0.29) is 5.41 Å². The Hall–Kier alpha value is -5.84. The zero-order chi connectivity index (χ0) is 36.3. The number of hydrogen-bond acceptors (Lipinski definition) is 4. The SMILES string of the molecule is COc1ccc(-c2cc3c(-c4ccccc4)c(C4(O)CCC(c5ccccc5)(c5ccccc5)CC4)cc(OCc4ccccc4)c3cc2OC)cc1. The third-order valence-corrected chi connectivity index (χ3v) is 11.2.